The summed E-state index contributed by atoms with van der Waals surface area (Å²) in [6, 6.07) is 2.03. The van der Waals surface area contributed by atoms with E-state index >= 15 is 0 Å². The van der Waals surface area contributed by atoms with Crippen LogP contribution in [-0.2, 0) is 4.79 Å². The summed E-state index contributed by atoms with van der Waals surface area (Å²) in [6.07, 6.45) is 0.237. The highest BCUT2D eigenvalue weighted by molar-refractivity contribution is 5.97. The topological polar surface area (TPSA) is 130 Å². The molecule has 0 heterocycles. The number of phenolic OH excluding ortho intramolecular Hbond substituents is 1. The van der Waals surface area contributed by atoms with E-state index in [1.165, 1.54) is 6.07 Å². The number of carbonyl (C=O) groups excluding carboxylic acids is 1. The Balaban J connectivity index is 2.95. The molecule has 0 aliphatic heterocycles. The Kier molecular flexibility index (Phi) is 5.23. The Morgan fingerprint density at radius 3 is 2.48 bits per heavy atom. The Hall–Kier alpha value is -2.64. The fourth-order valence-electron chi connectivity index (χ4n) is 1.75. The van der Waals surface area contributed by atoms with Gasteiger partial charge in [-0.25, -0.2) is 4.79 Å². The number of hydrogen-bond donors (Lipinski definition) is 3. The zero-order valence-corrected chi connectivity index (χ0v) is 11.6. The predicted octanol–water partition coefficient (Wildman–Crippen LogP) is 1.53. The second kappa shape index (κ2) is 6.69. The van der Waals surface area contributed by atoms with Crippen LogP contribution < -0.4 is 5.32 Å². The molecule has 0 fully saturated rings. The van der Waals surface area contributed by atoms with Crippen molar-refractivity contribution >= 4 is 17.6 Å². The first-order valence-electron chi connectivity index (χ1n) is 6.23. The maximum atomic E-state index is 11.9. The lowest BCUT2D eigenvalue weighted by atomic mass is 10.0. The minimum Gasteiger partial charge on any atom is -0.502 e. The Morgan fingerprint density at radius 1 is 1.38 bits per heavy atom. The van der Waals surface area contributed by atoms with Gasteiger partial charge >= 0.3 is 11.7 Å². The number of rotatable bonds is 6. The molecule has 114 valence electrons. The number of nitrogens with one attached hydrogen (secondary N) is 1. The summed E-state index contributed by atoms with van der Waals surface area (Å²) in [7, 11) is 0. The molecular weight excluding hydrogens is 280 g/mol. The molecule has 0 aliphatic carbocycles. The van der Waals surface area contributed by atoms with Gasteiger partial charge in [-0.3, -0.25) is 14.9 Å². The summed E-state index contributed by atoms with van der Waals surface area (Å²) in [5, 5.41) is 31.3. The lowest BCUT2D eigenvalue weighted by Crippen LogP contribution is -2.41. The number of nitro benzene ring substituents is 1. The van der Waals surface area contributed by atoms with E-state index in [9.17, 15) is 24.8 Å². The van der Waals surface area contributed by atoms with E-state index in [2.05, 4.69) is 5.32 Å². The van der Waals surface area contributed by atoms with Gasteiger partial charge in [0.05, 0.1) is 4.92 Å². The minimum absolute atomic E-state index is 0.0561. The van der Waals surface area contributed by atoms with Crippen molar-refractivity contribution in [1.82, 2.24) is 5.32 Å². The fourth-order valence-corrected chi connectivity index (χ4v) is 1.75. The fraction of sp³-hybridized carbons (Fsp3) is 0.385. The van der Waals surface area contributed by atoms with Crippen LogP contribution in [0.3, 0.4) is 0 Å². The van der Waals surface area contributed by atoms with E-state index in [1.807, 2.05) is 13.8 Å². The van der Waals surface area contributed by atoms with Gasteiger partial charge in [-0.1, -0.05) is 13.8 Å². The van der Waals surface area contributed by atoms with Crippen LogP contribution in [0.2, 0.25) is 0 Å². The molecule has 1 aromatic carbocycles. The van der Waals surface area contributed by atoms with E-state index in [4.69, 9.17) is 5.11 Å². The number of carboxylic acid groups (broad SMARTS) is 1. The molecule has 21 heavy (non-hydrogen) atoms. The van der Waals surface area contributed by atoms with Crippen LogP contribution in [0.4, 0.5) is 5.69 Å². The molecule has 0 aliphatic rings. The van der Waals surface area contributed by atoms with E-state index in [0.717, 1.165) is 12.1 Å². The highest BCUT2D eigenvalue weighted by Crippen LogP contribution is 2.26. The SMILES string of the molecule is CC(C)C[C@@H](NC(=O)c1ccc(O)c([N+](=O)[O-])c1)C(=O)O. The van der Waals surface area contributed by atoms with Gasteiger partial charge in [-0.05, 0) is 24.5 Å². The first-order chi connectivity index (χ1) is 9.72. The number of hydrogen-bond acceptors (Lipinski definition) is 5. The highest BCUT2D eigenvalue weighted by atomic mass is 16.6. The van der Waals surface area contributed by atoms with Crippen molar-refractivity contribution in [2.75, 3.05) is 0 Å². The van der Waals surface area contributed by atoms with Gasteiger partial charge in [0.15, 0.2) is 5.75 Å². The smallest absolute Gasteiger partial charge is 0.326 e. The standard InChI is InChI=1S/C13H16N2O6/c1-7(2)5-9(13(18)19)14-12(17)8-3-4-11(16)10(6-8)15(20)21/h3-4,6-7,9,16H,5H2,1-2H3,(H,14,17)(H,18,19)/t9-/m1/s1. The maximum absolute atomic E-state index is 11.9. The van der Waals surface area contributed by atoms with Crippen molar-refractivity contribution in [2.24, 2.45) is 5.92 Å². The molecule has 1 aromatic rings. The first-order valence-corrected chi connectivity index (χ1v) is 6.23. The van der Waals surface area contributed by atoms with Crippen molar-refractivity contribution in [1.29, 1.82) is 0 Å². The number of aliphatic carboxylic acids is 1. The molecule has 0 radical (unpaired) electrons. The van der Waals surface area contributed by atoms with Crippen LogP contribution >= 0.6 is 0 Å². The lowest BCUT2D eigenvalue weighted by molar-refractivity contribution is -0.385. The second-order valence-corrected chi connectivity index (χ2v) is 4.95. The average Bonchev–Trinajstić information content (AvgIpc) is 2.37. The third-order valence-corrected chi connectivity index (χ3v) is 2.74. The van der Waals surface area contributed by atoms with Gasteiger partial charge in [0.1, 0.15) is 6.04 Å². The lowest BCUT2D eigenvalue weighted by Gasteiger charge is -2.16. The summed E-state index contributed by atoms with van der Waals surface area (Å²) in [5.74, 6) is -2.43. The molecule has 0 saturated carbocycles. The number of carbonyl (C=O) groups is 2. The van der Waals surface area contributed by atoms with E-state index in [1.54, 1.807) is 0 Å². The molecule has 0 aromatic heterocycles. The van der Waals surface area contributed by atoms with Gasteiger partial charge in [0, 0.05) is 11.6 Å². The molecule has 0 unspecified atom stereocenters. The zero-order valence-electron chi connectivity index (χ0n) is 11.6. The molecule has 0 bridgehead atoms. The Bertz CT molecular complexity index is 570. The van der Waals surface area contributed by atoms with Crippen LogP contribution in [0.5, 0.6) is 5.75 Å². The zero-order chi connectivity index (χ0) is 16.2. The summed E-state index contributed by atoms with van der Waals surface area (Å²) in [5.41, 5.74) is -0.701. The van der Waals surface area contributed by atoms with Crippen LogP contribution in [0.1, 0.15) is 30.6 Å². The Labute approximate surface area is 120 Å². The molecular formula is C13H16N2O6. The van der Waals surface area contributed by atoms with Crippen molar-refractivity contribution in [2.45, 2.75) is 26.3 Å². The predicted molar refractivity (Wildman–Crippen MR) is 73.1 cm³/mol. The van der Waals surface area contributed by atoms with Crippen molar-refractivity contribution in [3.63, 3.8) is 0 Å². The summed E-state index contributed by atoms with van der Waals surface area (Å²) in [4.78, 5) is 32.9. The van der Waals surface area contributed by atoms with Crippen molar-refractivity contribution in [3.05, 3.63) is 33.9 Å². The number of benzene rings is 1. The van der Waals surface area contributed by atoms with Gasteiger partial charge < -0.3 is 15.5 Å². The molecule has 1 amide bonds. The molecule has 1 atom stereocenters. The monoisotopic (exact) mass is 296 g/mol. The highest BCUT2D eigenvalue weighted by Gasteiger charge is 2.23. The van der Waals surface area contributed by atoms with Gasteiger partial charge in [0.25, 0.3) is 5.91 Å². The van der Waals surface area contributed by atoms with E-state index in [0.29, 0.717) is 0 Å². The molecule has 8 nitrogen and oxygen atoms in total. The number of carboxylic acids is 1. The summed E-state index contributed by atoms with van der Waals surface area (Å²) >= 11 is 0. The van der Waals surface area contributed by atoms with Crippen LogP contribution in [0.25, 0.3) is 0 Å². The molecule has 8 heteroatoms. The molecule has 3 N–H and O–H groups in total. The van der Waals surface area contributed by atoms with Crippen molar-refractivity contribution < 1.29 is 24.7 Å². The second-order valence-electron chi connectivity index (χ2n) is 4.95. The normalized spacial score (nSPS) is 12.0. The molecule has 1 rings (SSSR count). The number of amides is 1. The average molecular weight is 296 g/mol. The van der Waals surface area contributed by atoms with Gasteiger partial charge in [-0.2, -0.15) is 0 Å². The largest absolute Gasteiger partial charge is 0.502 e. The third kappa shape index (κ3) is 4.44. The third-order valence-electron chi connectivity index (χ3n) is 2.74. The van der Waals surface area contributed by atoms with E-state index in [-0.39, 0.29) is 17.9 Å². The summed E-state index contributed by atoms with van der Waals surface area (Å²) < 4.78 is 0. The van der Waals surface area contributed by atoms with Gasteiger partial charge in [-0.15, -0.1) is 0 Å². The summed E-state index contributed by atoms with van der Waals surface area (Å²) in [6.45, 7) is 3.63. The Morgan fingerprint density at radius 2 is 2.00 bits per heavy atom. The van der Waals surface area contributed by atoms with Crippen molar-refractivity contribution in [3.8, 4) is 5.75 Å². The quantitative estimate of drug-likeness (QED) is 0.539. The van der Waals surface area contributed by atoms with E-state index < -0.39 is 34.3 Å². The minimum atomic E-state index is -1.18. The number of nitrogens with zero attached hydrogens (tertiary/aromatic N) is 1. The van der Waals surface area contributed by atoms with Crippen LogP contribution in [-0.4, -0.2) is 33.1 Å². The number of nitro groups is 1. The molecule has 0 spiro atoms. The molecule has 0 saturated heterocycles. The number of aromatic hydroxyl groups is 1. The van der Waals surface area contributed by atoms with Crippen LogP contribution in [0, 0.1) is 16.0 Å². The van der Waals surface area contributed by atoms with Crippen LogP contribution in [0.15, 0.2) is 18.2 Å². The first kappa shape index (κ1) is 16.4. The maximum Gasteiger partial charge on any atom is 0.326 e. The number of phenols is 1. The van der Waals surface area contributed by atoms with Gasteiger partial charge in [0.2, 0.25) is 0 Å².